The van der Waals surface area contributed by atoms with Crippen LogP contribution in [0.25, 0.3) is 0 Å². The molecule has 0 bridgehead atoms. The van der Waals surface area contributed by atoms with E-state index in [1.54, 1.807) is 12.1 Å². The summed E-state index contributed by atoms with van der Waals surface area (Å²) in [5.74, 6) is 0.132. The van der Waals surface area contributed by atoms with Gasteiger partial charge in [0.25, 0.3) is 0 Å². The van der Waals surface area contributed by atoms with Crippen molar-refractivity contribution < 1.29 is 14.3 Å². The van der Waals surface area contributed by atoms with Crippen LogP contribution in [0.4, 0.5) is 4.39 Å². The van der Waals surface area contributed by atoms with Gasteiger partial charge in [-0.3, -0.25) is 9.69 Å². The Morgan fingerprint density at radius 1 is 1.08 bits per heavy atom. The Labute approximate surface area is 149 Å². The summed E-state index contributed by atoms with van der Waals surface area (Å²) >= 11 is 0. The average Bonchev–Trinajstić information content (AvgIpc) is 2.67. The molecule has 2 unspecified atom stereocenters. The molecule has 2 aliphatic heterocycles. The van der Waals surface area contributed by atoms with Gasteiger partial charge in [0.1, 0.15) is 5.82 Å². The number of nitrogens with zero attached hydrogens (tertiary/aromatic N) is 2. The fourth-order valence-corrected chi connectivity index (χ4v) is 4.09. The van der Waals surface area contributed by atoms with Crippen molar-refractivity contribution in [2.24, 2.45) is 5.92 Å². The molecule has 1 amide bonds. The first kappa shape index (κ1) is 18.3. The van der Waals surface area contributed by atoms with Gasteiger partial charge in [-0.05, 0) is 75.7 Å². The molecule has 0 spiro atoms. The van der Waals surface area contributed by atoms with Gasteiger partial charge < -0.3 is 10.0 Å². The summed E-state index contributed by atoms with van der Waals surface area (Å²) in [6.45, 7) is 5.44. The first-order valence-electron chi connectivity index (χ1n) is 9.52. The number of amides is 1. The maximum Gasteiger partial charge on any atom is 0.239 e. The Bertz CT molecular complexity index is 564. The molecule has 4 nitrogen and oxygen atoms in total. The smallest absolute Gasteiger partial charge is 0.239 e. The van der Waals surface area contributed by atoms with Gasteiger partial charge >= 0.3 is 0 Å². The van der Waals surface area contributed by atoms with Gasteiger partial charge in [-0.1, -0.05) is 12.1 Å². The van der Waals surface area contributed by atoms with Gasteiger partial charge in [-0.15, -0.1) is 0 Å². The molecule has 2 heterocycles. The normalized spacial score (nSPS) is 22.6. The fourth-order valence-electron chi connectivity index (χ4n) is 4.09. The lowest BCUT2D eigenvalue weighted by molar-refractivity contribution is -0.138. The van der Waals surface area contributed by atoms with E-state index in [9.17, 15) is 14.3 Å². The van der Waals surface area contributed by atoms with Crippen molar-refractivity contribution in [3.63, 3.8) is 0 Å². The molecule has 25 heavy (non-hydrogen) atoms. The second kappa shape index (κ2) is 8.28. The van der Waals surface area contributed by atoms with Crippen molar-refractivity contribution in [3.05, 3.63) is 35.6 Å². The van der Waals surface area contributed by atoms with Gasteiger partial charge in [0.05, 0.1) is 12.1 Å². The van der Waals surface area contributed by atoms with Crippen LogP contribution in [0.15, 0.2) is 24.3 Å². The molecule has 0 aromatic heterocycles. The predicted octanol–water partition coefficient (Wildman–Crippen LogP) is 2.97. The number of carbonyl (C=O) groups excluding carboxylic acids is 1. The van der Waals surface area contributed by atoms with Crippen LogP contribution in [0, 0.1) is 11.7 Å². The highest BCUT2D eigenvalue weighted by Crippen LogP contribution is 2.31. The Morgan fingerprint density at radius 2 is 1.68 bits per heavy atom. The standard InChI is InChI=1S/C20H29FN2O2/c1-15(20(25)23-11-3-2-4-12-23)22-13-9-17(10-14-22)19(24)16-5-7-18(21)8-6-16/h5-8,15,17,19,24H,2-4,9-14H2,1H3. The summed E-state index contributed by atoms with van der Waals surface area (Å²) in [5, 5.41) is 10.6. The molecular weight excluding hydrogens is 319 g/mol. The van der Waals surface area contributed by atoms with Crippen LogP contribution < -0.4 is 0 Å². The first-order valence-corrected chi connectivity index (χ1v) is 9.52. The zero-order valence-electron chi connectivity index (χ0n) is 15.0. The van der Waals surface area contributed by atoms with Crippen molar-refractivity contribution in [1.29, 1.82) is 0 Å². The van der Waals surface area contributed by atoms with E-state index in [2.05, 4.69) is 4.90 Å². The zero-order chi connectivity index (χ0) is 17.8. The molecule has 138 valence electrons. The third-order valence-corrected chi connectivity index (χ3v) is 5.81. The summed E-state index contributed by atoms with van der Waals surface area (Å²) in [5.41, 5.74) is 0.775. The molecule has 1 aromatic rings. The minimum atomic E-state index is -0.559. The molecular formula is C20H29FN2O2. The number of benzene rings is 1. The number of carbonyl (C=O) groups is 1. The number of aliphatic hydroxyl groups excluding tert-OH is 1. The Hall–Kier alpha value is -1.46. The third kappa shape index (κ3) is 4.39. The van der Waals surface area contributed by atoms with Crippen LogP contribution in [0.2, 0.25) is 0 Å². The van der Waals surface area contributed by atoms with E-state index in [4.69, 9.17) is 0 Å². The van der Waals surface area contributed by atoms with Gasteiger partial charge in [-0.2, -0.15) is 0 Å². The van der Waals surface area contributed by atoms with Crippen molar-refractivity contribution >= 4 is 5.91 Å². The number of piperidine rings is 2. The average molecular weight is 348 g/mol. The molecule has 0 radical (unpaired) electrons. The van der Waals surface area contributed by atoms with Crippen LogP contribution >= 0.6 is 0 Å². The molecule has 1 aromatic carbocycles. The summed E-state index contributed by atoms with van der Waals surface area (Å²) < 4.78 is 13.0. The zero-order valence-corrected chi connectivity index (χ0v) is 15.0. The van der Waals surface area contributed by atoms with Crippen LogP contribution in [0.3, 0.4) is 0 Å². The maximum absolute atomic E-state index is 13.0. The van der Waals surface area contributed by atoms with E-state index < -0.39 is 6.10 Å². The molecule has 2 atom stereocenters. The topological polar surface area (TPSA) is 43.8 Å². The molecule has 2 saturated heterocycles. The summed E-state index contributed by atoms with van der Waals surface area (Å²) in [6, 6.07) is 6.03. The minimum absolute atomic E-state index is 0.0815. The fraction of sp³-hybridized carbons (Fsp3) is 0.650. The number of rotatable bonds is 4. The molecule has 5 heteroatoms. The molecule has 2 aliphatic rings. The van der Waals surface area contributed by atoms with Gasteiger partial charge in [0.15, 0.2) is 0 Å². The quantitative estimate of drug-likeness (QED) is 0.910. The molecule has 1 N–H and O–H groups in total. The van der Waals surface area contributed by atoms with Crippen molar-refractivity contribution in [3.8, 4) is 0 Å². The van der Waals surface area contributed by atoms with Crippen molar-refractivity contribution in [1.82, 2.24) is 9.80 Å². The lowest BCUT2D eigenvalue weighted by Gasteiger charge is -2.39. The van der Waals surface area contributed by atoms with E-state index in [0.717, 1.165) is 57.4 Å². The summed E-state index contributed by atoms with van der Waals surface area (Å²) in [7, 11) is 0. The minimum Gasteiger partial charge on any atom is -0.388 e. The van der Waals surface area contributed by atoms with Crippen LogP contribution in [-0.2, 0) is 4.79 Å². The second-order valence-corrected chi connectivity index (χ2v) is 7.43. The Morgan fingerprint density at radius 3 is 2.28 bits per heavy atom. The van der Waals surface area contributed by atoms with Gasteiger partial charge in [0, 0.05) is 13.1 Å². The van der Waals surface area contributed by atoms with E-state index in [1.807, 2.05) is 11.8 Å². The maximum atomic E-state index is 13.0. The molecule has 0 aliphatic carbocycles. The first-order chi connectivity index (χ1) is 12.1. The molecule has 2 fully saturated rings. The number of likely N-dealkylation sites (tertiary alicyclic amines) is 2. The number of halogens is 1. The molecule has 0 saturated carbocycles. The third-order valence-electron chi connectivity index (χ3n) is 5.81. The lowest BCUT2D eigenvalue weighted by Crippen LogP contribution is -2.51. The SMILES string of the molecule is CC(C(=O)N1CCCCC1)N1CCC(C(O)c2ccc(F)cc2)CC1. The van der Waals surface area contributed by atoms with E-state index in [1.165, 1.54) is 18.6 Å². The lowest BCUT2D eigenvalue weighted by atomic mass is 9.87. The van der Waals surface area contributed by atoms with E-state index in [-0.39, 0.29) is 23.7 Å². The van der Waals surface area contributed by atoms with Crippen LogP contribution in [0.5, 0.6) is 0 Å². The molecule has 3 rings (SSSR count). The highest BCUT2D eigenvalue weighted by molar-refractivity contribution is 5.81. The van der Waals surface area contributed by atoms with Crippen LogP contribution in [-0.4, -0.2) is 53.0 Å². The monoisotopic (exact) mass is 348 g/mol. The Kier molecular flexibility index (Phi) is 6.07. The van der Waals surface area contributed by atoms with Crippen LogP contribution in [0.1, 0.15) is 50.7 Å². The summed E-state index contributed by atoms with van der Waals surface area (Å²) in [4.78, 5) is 16.9. The highest BCUT2D eigenvalue weighted by atomic mass is 19.1. The largest absolute Gasteiger partial charge is 0.388 e. The van der Waals surface area contributed by atoms with Crippen molar-refractivity contribution in [2.45, 2.75) is 51.2 Å². The number of aliphatic hydroxyl groups is 1. The van der Waals surface area contributed by atoms with E-state index in [0.29, 0.717) is 0 Å². The second-order valence-electron chi connectivity index (χ2n) is 7.43. The van der Waals surface area contributed by atoms with Crippen molar-refractivity contribution in [2.75, 3.05) is 26.2 Å². The number of hydrogen-bond donors (Lipinski definition) is 1. The van der Waals surface area contributed by atoms with Gasteiger partial charge in [-0.25, -0.2) is 4.39 Å². The Balaban J connectivity index is 1.52. The summed E-state index contributed by atoms with van der Waals surface area (Å²) in [6.07, 6.45) is 4.61. The van der Waals surface area contributed by atoms with Gasteiger partial charge in [0.2, 0.25) is 5.91 Å². The number of hydrogen-bond acceptors (Lipinski definition) is 3. The van der Waals surface area contributed by atoms with E-state index >= 15 is 0 Å². The predicted molar refractivity (Wildman–Crippen MR) is 95.5 cm³/mol. The highest BCUT2D eigenvalue weighted by Gasteiger charge is 2.32.